The molecule has 2 aliphatic rings. The van der Waals surface area contributed by atoms with E-state index < -0.39 is 10.0 Å². The third-order valence-electron chi connectivity index (χ3n) is 7.03. The topological polar surface area (TPSA) is 80.1 Å². The molecule has 0 amide bonds. The second-order valence-electron chi connectivity index (χ2n) is 9.05. The summed E-state index contributed by atoms with van der Waals surface area (Å²) >= 11 is 0. The van der Waals surface area contributed by atoms with Gasteiger partial charge in [-0.15, -0.1) is 0 Å². The Morgan fingerprint density at radius 3 is 2.35 bits per heavy atom. The molecule has 1 aromatic carbocycles. The van der Waals surface area contributed by atoms with E-state index in [1.165, 1.54) is 55.2 Å². The molecule has 3 aromatic rings. The van der Waals surface area contributed by atoms with Crippen molar-refractivity contribution in [2.24, 2.45) is 5.41 Å². The van der Waals surface area contributed by atoms with Crippen LogP contribution in [-0.4, -0.2) is 40.5 Å². The minimum Gasteiger partial charge on any atom is -0.302 e. The highest BCUT2D eigenvalue weighted by molar-refractivity contribution is 7.90. The van der Waals surface area contributed by atoms with Crippen molar-refractivity contribution in [1.29, 1.82) is 0 Å². The van der Waals surface area contributed by atoms with Crippen molar-refractivity contribution >= 4 is 26.9 Å². The molecule has 1 spiro atoms. The predicted octanol–water partition coefficient (Wildman–Crippen LogP) is 4.35. The van der Waals surface area contributed by atoms with Crippen LogP contribution in [-0.2, 0) is 10.0 Å². The van der Waals surface area contributed by atoms with E-state index in [-0.39, 0.29) is 4.90 Å². The molecule has 0 unspecified atom stereocenters. The molecule has 0 bridgehead atoms. The van der Waals surface area contributed by atoms with Crippen LogP contribution in [0.2, 0.25) is 0 Å². The fourth-order valence-corrected chi connectivity index (χ4v) is 6.38. The summed E-state index contributed by atoms with van der Waals surface area (Å²) in [7, 11) is -3.72. The lowest BCUT2D eigenvalue weighted by atomic mass is 9.68. The van der Waals surface area contributed by atoms with E-state index in [9.17, 15) is 8.42 Å². The van der Waals surface area contributed by atoms with E-state index in [0.717, 1.165) is 18.7 Å². The van der Waals surface area contributed by atoms with Crippen molar-refractivity contribution in [2.45, 2.75) is 56.8 Å². The van der Waals surface area contributed by atoms with Crippen molar-refractivity contribution in [3.63, 3.8) is 0 Å². The number of nitrogens with zero attached hydrogens (tertiary/aromatic N) is 4. The smallest absolute Gasteiger partial charge is 0.269 e. The first-order chi connectivity index (χ1) is 15.0. The molecule has 31 heavy (non-hydrogen) atoms. The Morgan fingerprint density at radius 2 is 1.65 bits per heavy atom. The van der Waals surface area contributed by atoms with Crippen LogP contribution in [0.15, 0.2) is 47.8 Å². The second-order valence-corrected chi connectivity index (χ2v) is 10.9. The number of fused-ring (bicyclic) bond motifs is 1. The minimum atomic E-state index is -3.72. The quantitative estimate of drug-likeness (QED) is 0.651. The molecule has 0 atom stereocenters. The Kier molecular flexibility index (Phi) is 5.22. The highest BCUT2D eigenvalue weighted by Crippen LogP contribution is 2.44. The van der Waals surface area contributed by atoms with E-state index in [0.29, 0.717) is 22.3 Å². The van der Waals surface area contributed by atoms with Gasteiger partial charge in [0, 0.05) is 19.3 Å². The maximum atomic E-state index is 13.2. The van der Waals surface area contributed by atoms with Crippen LogP contribution in [0.1, 0.15) is 50.5 Å². The Hall–Kier alpha value is -2.45. The number of piperidine rings is 1. The Labute approximate surface area is 183 Å². The van der Waals surface area contributed by atoms with Crippen molar-refractivity contribution < 1.29 is 8.42 Å². The van der Waals surface area contributed by atoms with Gasteiger partial charge in [0.2, 0.25) is 0 Å². The van der Waals surface area contributed by atoms with Crippen LogP contribution in [0, 0.1) is 12.3 Å². The summed E-state index contributed by atoms with van der Waals surface area (Å²) in [5, 5.41) is 2.92. The third-order valence-corrected chi connectivity index (χ3v) is 8.71. The summed E-state index contributed by atoms with van der Waals surface area (Å²) in [4.78, 5) is 8.95. The van der Waals surface area contributed by atoms with Gasteiger partial charge in [0.15, 0.2) is 11.5 Å². The van der Waals surface area contributed by atoms with E-state index in [1.807, 2.05) is 6.92 Å². The van der Waals surface area contributed by atoms with Gasteiger partial charge in [-0.25, -0.2) is 27.4 Å². The maximum absolute atomic E-state index is 13.2. The monoisotopic (exact) mass is 439 g/mol. The van der Waals surface area contributed by atoms with E-state index >= 15 is 0 Å². The summed E-state index contributed by atoms with van der Waals surface area (Å²) in [6.45, 7) is 3.89. The highest BCUT2D eigenvalue weighted by Gasteiger charge is 2.35. The molecule has 7 nitrogen and oxygen atoms in total. The maximum Gasteiger partial charge on any atom is 0.269 e. The zero-order valence-corrected chi connectivity index (χ0v) is 18.7. The molecule has 1 saturated carbocycles. The number of nitrogens with one attached hydrogen (secondary N) is 1. The standard InChI is InChI=1S/C23H29N5O2S/c1-18-5-7-19(8-6-18)31(29,30)28-14-9-20-21(24-17-25-22(20)28)26-27-15-12-23(13-16-27)10-3-2-4-11-23/h5-9,14,17H,2-4,10-13,15-16H2,1H3,(H,24,25,26). The lowest BCUT2D eigenvalue weighted by molar-refractivity contribution is 0.0799. The van der Waals surface area contributed by atoms with Gasteiger partial charge < -0.3 is 5.43 Å². The van der Waals surface area contributed by atoms with Gasteiger partial charge in [0.25, 0.3) is 10.0 Å². The van der Waals surface area contributed by atoms with Gasteiger partial charge in [-0.3, -0.25) is 0 Å². The van der Waals surface area contributed by atoms with Gasteiger partial charge in [0.05, 0.1) is 10.3 Å². The molecule has 3 heterocycles. The number of aryl methyl sites for hydroxylation is 1. The van der Waals surface area contributed by atoms with E-state index in [2.05, 4.69) is 20.4 Å². The average molecular weight is 440 g/mol. The summed E-state index contributed by atoms with van der Waals surface area (Å²) in [6.07, 6.45) is 12.2. The first-order valence-electron chi connectivity index (χ1n) is 11.1. The summed E-state index contributed by atoms with van der Waals surface area (Å²) < 4.78 is 27.6. The zero-order valence-electron chi connectivity index (χ0n) is 17.9. The van der Waals surface area contributed by atoms with Crippen LogP contribution < -0.4 is 5.43 Å². The van der Waals surface area contributed by atoms with Gasteiger partial charge in [0.1, 0.15) is 6.33 Å². The van der Waals surface area contributed by atoms with E-state index in [1.54, 1.807) is 36.5 Å². The third kappa shape index (κ3) is 3.83. The number of rotatable bonds is 4. The van der Waals surface area contributed by atoms with Crippen LogP contribution in [0.25, 0.3) is 11.0 Å². The van der Waals surface area contributed by atoms with Gasteiger partial charge in [-0.05, 0) is 56.2 Å². The van der Waals surface area contributed by atoms with Crippen LogP contribution in [0.3, 0.4) is 0 Å². The summed E-state index contributed by atoms with van der Waals surface area (Å²) in [6, 6.07) is 8.64. The van der Waals surface area contributed by atoms with Crippen molar-refractivity contribution in [2.75, 3.05) is 18.5 Å². The average Bonchev–Trinajstić information content (AvgIpc) is 3.23. The molecular formula is C23H29N5O2S. The fourth-order valence-electron chi connectivity index (χ4n) is 5.08. The predicted molar refractivity (Wildman–Crippen MR) is 121 cm³/mol. The molecule has 0 radical (unpaired) electrons. The first-order valence-corrected chi connectivity index (χ1v) is 12.6. The van der Waals surface area contributed by atoms with E-state index in [4.69, 9.17) is 0 Å². The molecule has 8 heteroatoms. The summed E-state index contributed by atoms with van der Waals surface area (Å²) in [5.41, 5.74) is 5.37. The van der Waals surface area contributed by atoms with Crippen molar-refractivity contribution in [1.82, 2.24) is 18.9 Å². The lowest BCUT2D eigenvalue weighted by Crippen LogP contribution is -2.43. The number of hydrazine groups is 1. The SMILES string of the molecule is Cc1ccc(S(=O)(=O)n2ccc3c(NN4CCC5(CCCCC5)CC4)ncnc32)cc1. The molecule has 164 valence electrons. The molecule has 1 aliphatic heterocycles. The van der Waals surface area contributed by atoms with Gasteiger partial charge in [-0.2, -0.15) is 0 Å². The number of benzene rings is 1. The van der Waals surface area contributed by atoms with Crippen LogP contribution in [0.5, 0.6) is 0 Å². The highest BCUT2D eigenvalue weighted by atomic mass is 32.2. The largest absolute Gasteiger partial charge is 0.302 e. The number of hydrogen-bond acceptors (Lipinski definition) is 6. The fraction of sp³-hybridized carbons (Fsp3) is 0.478. The minimum absolute atomic E-state index is 0.248. The Balaban J connectivity index is 1.38. The molecule has 1 aliphatic carbocycles. The number of hydrogen-bond donors (Lipinski definition) is 1. The van der Waals surface area contributed by atoms with Gasteiger partial charge >= 0.3 is 0 Å². The number of anilines is 1. The zero-order chi connectivity index (χ0) is 21.5. The Morgan fingerprint density at radius 1 is 0.935 bits per heavy atom. The second kappa shape index (κ2) is 7.91. The first kappa shape index (κ1) is 20.5. The van der Waals surface area contributed by atoms with Crippen LogP contribution >= 0.6 is 0 Å². The van der Waals surface area contributed by atoms with Crippen molar-refractivity contribution in [3.05, 3.63) is 48.4 Å². The Bertz CT molecular complexity index is 1170. The molecule has 2 fully saturated rings. The normalized spacial score (nSPS) is 19.6. The molecule has 2 aromatic heterocycles. The molecular weight excluding hydrogens is 410 g/mol. The lowest BCUT2D eigenvalue weighted by Gasteiger charge is -2.44. The van der Waals surface area contributed by atoms with Crippen LogP contribution in [0.4, 0.5) is 5.82 Å². The van der Waals surface area contributed by atoms with Gasteiger partial charge in [-0.1, -0.05) is 37.0 Å². The van der Waals surface area contributed by atoms with Crippen molar-refractivity contribution in [3.8, 4) is 0 Å². The molecule has 1 N–H and O–H groups in total. The number of aromatic nitrogens is 3. The summed E-state index contributed by atoms with van der Waals surface area (Å²) in [5.74, 6) is 0.655. The molecule has 1 saturated heterocycles. The molecule has 5 rings (SSSR count).